The highest BCUT2D eigenvalue weighted by atomic mass is 79.9. The number of nitrogens with zero attached hydrogens (tertiary/aromatic N) is 1. The van der Waals surface area contributed by atoms with Gasteiger partial charge in [-0.05, 0) is 36.2 Å². The quantitative estimate of drug-likeness (QED) is 0.938. The van der Waals surface area contributed by atoms with Crippen LogP contribution < -0.4 is 5.73 Å². The van der Waals surface area contributed by atoms with Crippen LogP contribution in [0, 0.1) is 0 Å². The van der Waals surface area contributed by atoms with Crippen molar-refractivity contribution in [2.45, 2.75) is 12.5 Å². The number of hydrogen-bond donors (Lipinski definition) is 1. The summed E-state index contributed by atoms with van der Waals surface area (Å²) < 4.78 is 1.07. The summed E-state index contributed by atoms with van der Waals surface area (Å²) in [6.45, 7) is 0. The molecule has 1 atom stereocenters. The van der Waals surface area contributed by atoms with E-state index in [2.05, 4.69) is 33.0 Å². The Bertz CT molecular complexity index is 482. The lowest BCUT2D eigenvalue weighted by atomic mass is 10.0. The predicted octanol–water partition coefficient (Wildman–Crippen LogP) is 3.74. The van der Waals surface area contributed by atoms with Crippen molar-refractivity contribution in [2.75, 3.05) is 0 Å². The summed E-state index contributed by atoms with van der Waals surface area (Å²) in [5, 5.41) is 0.629. The van der Waals surface area contributed by atoms with Crippen molar-refractivity contribution in [3.05, 3.63) is 63.3 Å². The summed E-state index contributed by atoms with van der Waals surface area (Å²) in [6, 6.07) is 11.7. The minimum atomic E-state index is -0.103. The van der Waals surface area contributed by atoms with Gasteiger partial charge in [0, 0.05) is 10.7 Å². The standard InChI is InChI=1S/C13H12BrClN2/c14-10-3-1-9(2-4-10)7-12(16)13-6-5-11(15)8-17-13/h1-6,8,12H,7,16H2. The Morgan fingerprint density at radius 1 is 1.18 bits per heavy atom. The van der Waals surface area contributed by atoms with Crippen LogP contribution in [0.15, 0.2) is 47.1 Å². The summed E-state index contributed by atoms with van der Waals surface area (Å²) in [4.78, 5) is 4.23. The molecular weight excluding hydrogens is 300 g/mol. The minimum Gasteiger partial charge on any atom is -0.322 e. The number of pyridine rings is 1. The second-order valence-corrected chi connectivity index (χ2v) is 5.19. The maximum atomic E-state index is 6.10. The molecule has 0 fully saturated rings. The second kappa shape index (κ2) is 5.63. The summed E-state index contributed by atoms with van der Waals surface area (Å²) >= 11 is 9.19. The molecule has 4 heteroatoms. The first-order valence-corrected chi connectivity index (χ1v) is 6.44. The lowest BCUT2D eigenvalue weighted by molar-refractivity contribution is 0.696. The third-order valence-electron chi connectivity index (χ3n) is 2.50. The van der Waals surface area contributed by atoms with Gasteiger partial charge < -0.3 is 5.73 Å². The van der Waals surface area contributed by atoms with E-state index in [4.69, 9.17) is 17.3 Å². The molecule has 2 nitrogen and oxygen atoms in total. The van der Waals surface area contributed by atoms with Gasteiger partial charge in [-0.15, -0.1) is 0 Å². The number of benzene rings is 1. The fourth-order valence-corrected chi connectivity index (χ4v) is 1.96. The summed E-state index contributed by atoms with van der Waals surface area (Å²) in [5.41, 5.74) is 8.15. The molecule has 0 aliphatic rings. The first kappa shape index (κ1) is 12.6. The van der Waals surface area contributed by atoms with Gasteiger partial charge in [0.2, 0.25) is 0 Å². The van der Waals surface area contributed by atoms with Crippen LogP contribution in [-0.2, 0) is 6.42 Å². The molecule has 0 bridgehead atoms. The van der Waals surface area contributed by atoms with Gasteiger partial charge in [0.15, 0.2) is 0 Å². The van der Waals surface area contributed by atoms with Gasteiger partial charge >= 0.3 is 0 Å². The largest absolute Gasteiger partial charge is 0.322 e. The van der Waals surface area contributed by atoms with E-state index in [-0.39, 0.29) is 6.04 Å². The van der Waals surface area contributed by atoms with Crippen LogP contribution in [-0.4, -0.2) is 4.98 Å². The Morgan fingerprint density at radius 3 is 2.47 bits per heavy atom. The normalized spacial score (nSPS) is 12.4. The molecule has 1 heterocycles. The number of rotatable bonds is 3. The fraction of sp³-hybridized carbons (Fsp3) is 0.154. The SMILES string of the molecule is NC(Cc1ccc(Br)cc1)c1ccc(Cl)cn1. The van der Waals surface area contributed by atoms with Gasteiger partial charge in [-0.2, -0.15) is 0 Å². The summed E-state index contributed by atoms with van der Waals surface area (Å²) in [6.07, 6.45) is 2.39. The smallest absolute Gasteiger partial charge is 0.0589 e. The highest BCUT2D eigenvalue weighted by Crippen LogP contribution is 2.17. The molecule has 17 heavy (non-hydrogen) atoms. The Kier molecular flexibility index (Phi) is 4.15. The Labute approximate surface area is 114 Å². The number of halogens is 2. The summed E-state index contributed by atoms with van der Waals surface area (Å²) in [5.74, 6) is 0. The van der Waals surface area contributed by atoms with Gasteiger partial charge in [-0.3, -0.25) is 4.98 Å². The molecule has 1 unspecified atom stereocenters. The molecule has 0 radical (unpaired) electrons. The minimum absolute atomic E-state index is 0.103. The van der Waals surface area contributed by atoms with Crippen molar-refractivity contribution >= 4 is 27.5 Å². The zero-order valence-electron chi connectivity index (χ0n) is 9.11. The number of aromatic nitrogens is 1. The molecule has 0 aliphatic heterocycles. The van der Waals surface area contributed by atoms with E-state index in [1.54, 1.807) is 6.20 Å². The number of nitrogens with two attached hydrogens (primary N) is 1. The molecule has 0 spiro atoms. The molecule has 0 saturated heterocycles. The van der Waals surface area contributed by atoms with Crippen molar-refractivity contribution in [2.24, 2.45) is 5.73 Å². The van der Waals surface area contributed by atoms with E-state index >= 15 is 0 Å². The zero-order chi connectivity index (χ0) is 12.3. The average Bonchev–Trinajstić information content (AvgIpc) is 2.33. The third kappa shape index (κ3) is 3.53. The van der Waals surface area contributed by atoms with Crippen molar-refractivity contribution in [3.8, 4) is 0 Å². The van der Waals surface area contributed by atoms with Crippen molar-refractivity contribution < 1.29 is 0 Å². The van der Waals surface area contributed by atoms with E-state index < -0.39 is 0 Å². The van der Waals surface area contributed by atoms with Gasteiger partial charge in [-0.25, -0.2) is 0 Å². The van der Waals surface area contributed by atoms with Crippen LogP contribution in [0.2, 0.25) is 5.02 Å². The van der Waals surface area contributed by atoms with Crippen LogP contribution in [0.1, 0.15) is 17.3 Å². The molecule has 0 aliphatic carbocycles. The molecule has 2 N–H and O–H groups in total. The van der Waals surface area contributed by atoms with Gasteiger partial charge in [0.05, 0.1) is 16.8 Å². The van der Waals surface area contributed by atoms with Gasteiger partial charge in [-0.1, -0.05) is 39.7 Å². The molecule has 1 aromatic heterocycles. The molecule has 0 amide bonds. The highest BCUT2D eigenvalue weighted by Gasteiger charge is 2.08. The average molecular weight is 312 g/mol. The Balaban J connectivity index is 2.08. The maximum Gasteiger partial charge on any atom is 0.0589 e. The summed E-state index contributed by atoms with van der Waals surface area (Å²) in [7, 11) is 0. The third-order valence-corrected chi connectivity index (χ3v) is 3.25. The molecule has 1 aromatic carbocycles. The maximum absolute atomic E-state index is 6.10. The molecule has 2 rings (SSSR count). The molecule has 88 valence electrons. The zero-order valence-corrected chi connectivity index (χ0v) is 11.4. The second-order valence-electron chi connectivity index (χ2n) is 3.84. The van der Waals surface area contributed by atoms with Crippen molar-refractivity contribution in [1.29, 1.82) is 0 Å². The van der Waals surface area contributed by atoms with Crippen molar-refractivity contribution in [3.63, 3.8) is 0 Å². The van der Waals surface area contributed by atoms with E-state index in [0.29, 0.717) is 5.02 Å². The monoisotopic (exact) mass is 310 g/mol. The van der Waals surface area contributed by atoms with E-state index in [1.807, 2.05) is 24.3 Å². The van der Waals surface area contributed by atoms with Crippen LogP contribution in [0.3, 0.4) is 0 Å². The lowest BCUT2D eigenvalue weighted by Crippen LogP contribution is -2.14. The first-order chi connectivity index (χ1) is 8.15. The molecular formula is C13H12BrClN2. The van der Waals surface area contributed by atoms with Crippen LogP contribution in [0.4, 0.5) is 0 Å². The topological polar surface area (TPSA) is 38.9 Å². The molecule has 0 saturated carbocycles. The fourth-order valence-electron chi connectivity index (χ4n) is 1.59. The van der Waals surface area contributed by atoms with E-state index in [1.165, 1.54) is 5.56 Å². The van der Waals surface area contributed by atoms with Crippen LogP contribution >= 0.6 is 27.5 Å². The van der Waals surface area contributed by atoms with Gasteiger partial charge in [0.25, 0.3) is 0 Å². The highest BCUT2D eigenvalue weighted by molar-refractivity contribution is 9.10. The molecule has 2 aromatic rings. The number of hydrogen-bond acceptors (Lipinski definition) is 2. The van der Waals surface area contributed by atoms with Crippen LogP contribution in [0.25, 0.3) is 0 Å². The predicted molar refractivity (Wildman–Crippen MR) is 74.0 cm³/mol. The van der Waals surface area contributed by atoms with E-state index in [0.717, 1.165) is 16.6 Å². The van der Waals surface area contributed by atoms with E-state index in [9.17, 15) is 0 Å². The Hall–Kier alpha value is -0.900. The van der Waals surface area contributed by atoms with Crippen LogP contribution in [0.5, 0.6) is 0 Å². The first-order valence-electron chi connectivity index (χ1n) is 5.26. The lowest BCUT2D eigenvalue weighted by Gasteiger charge is -2.11. The Morgan fingerprint density at radius 2 is 1.88 bits per heavy atom. The van der Waals surface area contributed by atoms with Crippen molar-refractivity contribution in [1.82, 2.24) is 4.98 Å². The van der Waals surface area contributed by atoms with Gasteiger partial charge in [0.1, 0.15) is 0 Å².